The van der Waals surface area contributed by atoms with Gasteiger partial charge in [-0.05, 0) is 30.3 Å². The minimum absolute atomic E-state index is 0.0416. The molecule has 2 aromatic rings. The van der Waals surface area contributed by atoms with Crippen molar-refractivity contribution in [3.63, 3.8) is 0 Å². The van der Waals surface area contributed by atoms with E-state index in [1.54, 1.807) is 33.2 Å². The van der Waals surface area contributed by atoms with Crippen LogP contribution >= 0.6 is 0 Å². The lowest BCUT2D eigenvalue weighted by atomic mass is 9.98. The molecule has 27 heavy (non-hydrogen) atoms. The van der Waals surface area contributed by atoms with Crippen molar-refractivity contribution < 1.29 is 14.3 Å². The Hall–Kier alpha value is -2.86. The Morgan fingerprint density at radius 1 is 0.926 bits per heavy atom. The second-order valence-electron chi connectivity index (χ2n) is 6.64. The molecule has 2 aromatic carbocycles. The summed E-state index contributed by atoms with van der Waals surface area (Å²) in [7, 11) is 6.78. The van der Waals surface area contributed by atoms with Gasteiger partial charge in [-0.15, -0.1) is 0 Å². The normalized spacial score (nSPS) is 11.7. The standard InChI is InChI=1S/C21H27N3O3/c1-23(2)20(26)15-24(3)14-19(25)22-21(16-8-6-5-7-9-16)17-10-12-18(27-4)13-11-17/h5-13,21H,14-15H2,1-4H3,(H,22,25)/t21-/m0/s1. The van der Waals surface area contributed by atoms with Gasteiger partial charge in [-0.3, -0.25) is 14.5 Å². The third kappa shape index (κ3) is 6.11. The van der Waals surface area contributed by atoms with Crippen LogP contribution in [0.3, 0.4) is 0 Å². The summed E-state index contributed by atoms with van der Waals surface area (Å²) in [6.45, 7) is 0.331. The fourth-order valence-corrected chi connectivity index (χ4v) is 2.68. The Labute approximate surface area is 160 Å². The van der Waals surface area contributed by atoms with Gasteiger partial charge in [-0.2, -0.15) is 0 Å². The molecule has 0 radical (unpaired) electrons. The molecule has 6 nitrogen and oxygen atoms in total. The van der Waals surface area contributed by atoms with Gasteiger partial charge in [0.2, 0.25) is 11.8 Å². The molecule has 0 unspecified atom stereocenters. The summed E-state index contributed by atoms with van der Waals surface area (Å²) in [6.07, 6.45) is 0. The summed E-state index contributed by atoms with van der Waals surface area (Å²) in [5.74, 6) is 0.576. The molecule has 1 N–H and O–H groups in total. The number of carbonyl (C=O) groups excluding carboxylic acids is 2. The van der Waals surface area contributed by atoms with Crippen molar-refractivity contribution in [2.24, 2.45) is 0 Å². The van der Waals surface area contributed by atoms with Crippen molar-refractivity contribution in [1.29, 1.82) is 0 Å². The molecule has 144 valence electrons. The molecule has 1 atom stereocenters. The van der Waals surface area contributed by atoms with Gasteiger partial charge in [-0.25, -0.2) is 0 Å². The number of hydrogen-bond donors (Lipinski definition) is 1. The third-order valence-electron chi connectivity index (χ3n) is 4.20. The fraction of sp³-hybridized carbons (Fsp3) is 0.333. The van der Waals surface area contributed by atoms with Crippen LogP contribution in [0.15, 0.2) is 54.6 Å². The minimum Gasteiger partial charge on any atom is -0.497 e. The van der Waals surface area contributed by atoms with E-state index >= 15 is 0 Å². The summed E-state index contributed by atoms with van der Waals surface area (Å²) in [5, 5.41) is 3.07. The first-order valence-electron chi connectivity index (χ1n) is 8.77. The zero-order valence-corrected chi connectivity index (χ0v) is 16.3. The predicted octanol–water partition coefficient (Wildman–Crippen LogP) is 1.92. The smallest absolute Gasteiger partial charge is 0.236 e. The van der Waals surface area contributed by atoms with E-state index in [9.17, 15) is 9.59 Å². The molecule has 0 spiro atoms. The predicted molar refractivity (Wildman–Crippen MR) is 106 cm³/mol. The number of nitrogens with zero attached hydrogens (tertiary/aromatic N) is 2. The highest BCUT2D eigenvalue weighted by atomic mass is 16.5. The van der Waals surface area contributed by atoms with E-state index in [0.717, 1.165) is 16.9 Å². The quantitative estimate of drug-likeness (QED) is 0.772. The van der Waals surface area contributed by atoms with Crippen LogP contribution in [-0.2, 0) is 9.59 Å². The Morgan fingerprint density at radius 3 is 2.07 bits per heavy atom. The molecule has 0 aromatic heterocycles. The summed E-state index contributed by atoms with van der Waals surface area (Å²) >= 11 is 0. The summed E-state index contributed by atoms with van der Waals surface area (Å²) in [6, 6.07) is 17.1. The Bertz CT molecular complexity index is 745. The first-order valence-corrected chi connectivity index (χ1v) is 8.77. The lowest BCUT2D eigenvalue weighted by Crippen LogP contribution is -2.41. The topological polar surface area (TPSA) is 61.9 Å². The Kier molecular flexibility index (Phi) is 7.37. The van der Waals surface area contributed by atoms with Gasteiger partial charge in [0.15, 0.2) is 0 Å². The van der Waals surface area contributed by atoms with E-state index in [-0.39, 0.29) is 30.9 Å². The van der Waals surface area contributed by atoms with Crippen LogP contribution in [0.2, 0.25) is 0 Å². The lowest BCUT2D eigenvalue weighted by Gasteiger charge is -2.23. The van der Waals surface area contributed by atoms with Crippen LogP contribution < -0.4 is 10.1 Å². The van der Waals surface area contributed by atoms with Crippen molar-refractivity contribution in [3.05, 3.63) is 65.7 Å². The summed E-state index contributed by atoms with van der Waals surface area (Å²) < 4.78 is 5.21. The molecular weight excluding hydrogens is 342 g/mol. The van der Waals surface area contributed by atoms with Crippen LogP contribution in [0.25, 0.3) is 0 Å². The number of likely N-dealkylation sites (N-methyl/N-ethyl adjacent to an activating group) is 2. The van der Waals surface area contributed by atoms with E-state index in [1.165, 1.54) is 4.90 Å². The van der Waals surface area contributed by atoms with Crippen LogP contribution in [0.4, 0.5) is 0 Å². The second-order valence-corrected chi connectivity index (χ2v) is 6.64. The summed E-state index contributed by atoms with van der Waals surface area (Å²) in [5.41, 5.74) is 1.95. The molecule has 0 aliphatic heterocycles. The SMILES string of the molecule is COc1ccc([C@@H](NC(=O)CN(C)CC(=O)N(C)C)c2ccccc2)cc1. The first-order chi connectivity index (χ1) is 12.9. The number of benzene rings is 2. The molecular formula is C21H27N3O3. The number of methoxy groups -OCH3 is 1. The molecule has 0 aliphatic rings. The maximum Gasteiger partial charge on any atom is 0.236 e. The minimum atomic E-state index is -0.275. The zero-order chi connectivity index (χ0) is 19.8. The van der Waals surface area contributed by atoms with Gasteiger partial charge in [0.05, 0.1) is 26.2 Å². The number of carbonyl (C=O) groups is 2. The van der Waals surface area contributed by atoms with Crippen molar-refractivity contribution in [1.82, 2.24) is 15.1 Å². The second kappa shape index (κ2) is 9.73. The highest BCUT2D eigenvalue weighted by molar-refractivity contribution is 5.81. The highest BCUT2D eigenvalue weighted by Gasteiger charge is 2.19. The molecule has 0 fully saturated rings. The van der Waals surface area contributed by atoms with E-state index in [0.29, 0.717) is 0 Å². The number of rotatable bonds is 8. The zero-order valence-electron chi connectivity index (χ0n) is 16.3. The van der Waals surface area contributed by atoms with Gasteiger partial charge >= 0.3 is 0 Å². The largest absolute Gasteiger partial charge is 0.497 e. The maximum absolute atomic E-state index is 12.6. The number of amides is 2. The van der Waals surface area contributed by atoms with Gasteiger partial charge < -0.3 is 15.0 Å². The highest BCUT2D eigenvalue weighted by Crippen LogP contribution is 2.24. The molecule has 0 saturated carbocycles. The van der Waals surface area contributed by atoms with E-state index < -0.39 is 0 Å². The van der Waals surface area contributed by atoms with E-state index in [2.05, 4.69) is 5.32 Å². The van der Waals surface area contributed by atoms with Crippen molar-refractivity contribution in [3.8, 4) is 5.75 Å². The monoisotopic (exact) mass is 369 g/mol. The maximum atomic E-state index is 12.6. The van der Waals surface area contributed by atoms with E-state index in [4.69, 9.17) is 4.74 Å². The van der Waals surface area contributed by atoms with Gasteiger partial charge in [-0.1, -0.05) is 42.5 Å². The van der Waals surface area contributed by atoms with E-state index in [1.807, 2.05) is 54.6 Å². The number of ether oxygens (including phenoxy) is 1. The molecule has 6 heteroatoms. The van der Waals surface area contributed by atoms with Gasteiger partial charge in [0, 0.05) is 14.1 Å². The molecule has 2 amide bonds. The van der Waals surface area contributed by atoms with Crippen LogP contribution in [0.1, 0.15) is 17.2 Å². The molecule has 0 aliphatic carbocycles. The van der Waals surface area contributed by atoms with Gasteiger partial charge in [0.1, 0.15) is 5.75 Å². The average Bonchev–Trinajstić information content (AvgIpc) is 2.66. The molecule has 0 heterocycles. The van der Waals surface area contributed by atoms with Crippen LogP contribution in [0, 0.1) is 0 Å². The Balaban J connectivity index is 2.12. The first kappa shape index (κ1) is 20.5. The van der Waals surface area contributed by atoms with Crippen molar-refractivity contribution >= 4 is 11.8 Å². The molecule has 0 saturated heterocycles. The average molecular weight is 369 g/mol. The Morgan fingerprint density at radius 2 is 1.52 bits per heavy atom. The fourth-order valence-electron chi connectivity index (χ4n) is 2.68. The lowest BCUT2D eigenvalue weighted by molar-refractivity contribution is -0.130. The van der Waals surface area contributed by atoms with Gasteiger partial charge in [0.25, 0.3) is 0 Å². The molecule has 2 rings (SSSR count). The van der Waals surface area contributed by atoms with Crippen LogP contribution in [0.5, 0.6) is 5.75 Å². The van der Waals surface area contributed by atoms with Crippen LogP contribution in [-0.4, -0.2) is 63.0 Å². The number of hydrogen-bond acceptors (Lipinski definition) is 4. The summed E-state index contributed by atoms with van der Waals surface area (Å²) in [4.78, 5) is 27.6. The molecule has 0 bridgehead atoms. The van der Waals surface area contributed by atoms with Crippen molar-refractivity contribution in [2.75, 3.05) is 41.3 Å². The number of nitrogens with one attached hydrogen (secondary N) is 1. The third-order valence-corrected chi connectivity index (χ3v) is 4.20. The van der Waals surface area contributed by atoms with Crippen molar-refractivity contribution in [2.45, 2.75) is 6.04 Å².